The number of carboxylic acid groups (broad SMARTS) is 1. The Labute approximate surface area is 138 Å². The zero-order valence-electron chi connectivity index (χ0n) is 12.1. The molecule has 1 aliphatic rings. The van der Waals surface area contributed by atoms with Crippen LogP contribution in [0.15, 0.2) is 17.1 Å². The summed E-state index contributed by atoms with van der Waals surface area (Å²) in [7, 11) is 0. The van der Waals surface area contributed by atoms with Gasteiger partial charge in [-0.1, -0.05) is 11.6 Å². The van der Waals surface area contributed by atoms with E-state index in [4.69, 9.17) is 16.7 Å². The van der Waals surface area contributed by atoms with Crippen LogP contribution in [0.25, 0.3) is 10.9 Å². The minimum atomic E-state index is -1.40. The molecule has 0 bridgehead atoms. The first-order valence-electron chi connectivity index (χ1n) is 6.10. The molecule has 0 saturated carbocycles. The fourth-order valence-corrected chi connectivity index (χ4v) is 2.74. The van der Waals surface area contributed by atoms with Crippen molar-refractivity contribution in [2.45, 2.75) is 6.10 Å². The van der Waals surface area contributed by atoms with Crippen LogP contribution in [0.1, 0.15) is 10.4 Å². The van der Waals surface area contributed by atoms with E-state index in [1.807, 2.05) is 0 Å². The van der Waals surface area contributed by atoms with Crippen molar-refractivity contribution >= 4 is 34.2 Å². The van der Waals surface area contributed by atoms with Gasteiger partial charge in [-0.15, -0.1) is 0 Å². The lowest BCUT2D eigenvalue weighted by Crippen LogP contribution is -2.51. The SMILES string of the molecule is O.O.O.O=C(O)c1c[nH]c2c(Cl)c(N3CC(O)C3)c(F)cc2c1=O. The van der Waals surface area contributed by atoms with Crippen molar-refractivity contribution in [2.24, 2.45) is 0 Å². The summed E-state index contributed by atoms with van der Waals surface area (Å²) in [6.07, 6.45) is 0.496. The molecule has 0 radical (unpaired) electrons. The number of aliphatic hydroxyl groups excluding tert-OH is 1. The van der Waals surface area contributed by atoms with Crippen LogP contribution in [-0.4, -0.2) is 56.8 Å². The Morgan fingerprint density at radius 3 is 2.42 bits per heavy atom. The highest BCUT2D eigenvalue weighted by molar-refractivity contribution is 6.38. The number of nitrogens with zero attached hydrogens (tertiary/aromatic N) is 1. The number of pyridine rings is 1. The molecule has 9 N–H and O–H groups in total. The largest absolute Gasteiger partial charge is 0.477 e. The van der Waals surface area contributed by atoms with Gasteiger partial charge in [-0.25, -0.2) is 9.18 Å². The van der Waals surface area contributed by atoms with E-state index in [1.54, 1.807) is 4.90 Å². The molecule has 0 spiro atoms. The molecule has 1 aliphatic heterocycles. The molecule has 24 heavy (non-hydrogen) atoms. The highest BCUT2D eigenvalue weighted by atomic mass is 35.5. The van der Waals surface area contributed by atoms with Gasteiger partial charge in [0.05, 0.1) is 27.7 Å². The van der Waals surface area contributed by atoms with Gasteiger partial charge in [-0.3, -0.25) is 4.79 Å². The third-order valence-electron chi connectivity index (χ3n) is 3.45. The number of aliphatic hydroxyl groups is 1. The minimum absolute atomic E-state index is 0. The second-order valence-electron chi connectivity index (χ2n) is 4.84. The number of fused-ring (bicyclic) bond motifs is 1. The molecule has 0 amide bonds. The standard InChI is InChI=1S/C13H10ClFN2O4.3H2O/c14-9-10-6(12(19)7(2-16-10)13(20)21)1-8(15)11(9)17-3-5(18)4-17;;;/h1-2,5,18H,3-4H2,(H,16,19)(H,20,21);3*1H2. The summed E-state index contributed by atoms with van der Waals surface area (Å²) in [5.74, 6) is -2.13. The third-order valence-corrected chi connectivity index (χ3v) is 3.82. The number of halogens is 2. The Balaban J connectivity index is 0.00000176. The number of nitrogens with one attached hydrogen (secondary N) is 1. The maximum atomic E-state index is 14.2. The quantitative estimate of drug-likeness (QED) is 0.595. The average Bonchev–Trinajstić information content (AvgIpc) is 2.37. The topological polar surface area (TPSA) is 188 Å². The maximum Gasteiger partial charge on any atom is 0.341 e. The Morgan fingerprint density at radius 1 is 1.33 bits per heavy atom. The van der Waals surface area contributed by atoms with E-state index in [0.29, 0.717) is 0 Å². The molecule has 0 unspecified atom stereocenters. The number of benzene rings is 1. The molecule has 2 heterocycles. The molecule has 0 aliphatic carbocycles. The molecule has 134 valence electrons. The number of β-amino-alcohol motifs (C(OH)–C–C–N with tert-alkyl or cyclic N) is 1. The van der Waals surface area contributed by atoms with Crippen LogP contribution in [0, 0.1) is 5.82 Å². The number of aromatic carboxylic acids is 1. The lowest BCUT2D eigenvalue weighted by atomic mass is 10.1. The van der Waals surface area contributed by atoms with Gasteiger partial charge >= 0.3 is 5.97 Å². The summed E-state index contributed by atoms with van der Waals surface area (Å²) in [4.78, 5) is 27.1. The summed E-state index contributed by atoms with van der Waals surface area (Å²) >= 11 is 6.13. The molecule has 2 aromatic rings. The zero-order valence-corrected chi connectivity index (χ0v) is 12.8. The number of rotatable bonds is 2. The predicted molar refractivity (Wildman–Crippen MR) is 85.6 cm³/mol. The van der Waals surface area contributed by atoms with Crippen molar-refractivity contribution < 1.29 is 35.8 Å². The molecular weight excluding hydrogens is 351 g/mol. The average molecular weight is 367 g/mol. The number of H-pyrrole nitrogens is 1. The number of hydrogen-bond acceptors (Lipinski definition) is 4. The van der Waals surface area contributed by atoms with Crippen LogP contribution >= 0.6 is 11.6 Å². The Hall–Kier alpha value is -2.24. The Bertz CT molecular complexity index is 820. The van der Waals surface area contributed by atoms with Gasteiger partial charge in [0.2, 0.25) is 5.43 Å². The molecule has 0 atom stereocenters. The van der Waals surface area contributed by atoms with E-state index in [2.05, 4.69) is 4.98 Å². The number of carbonyl (C=O) groups is 1. The number of carboxylic acids is 1. The van der Waals surface area contributed by atoms with Crippen molar-refractivity contribution in [2.75, 3.05) is 18.0 Å². The van der Waals surface area contributed by atoms with Crippen LogP contribution < -0.4 is 10.3 Å². The van der Waals surface area contributed by atoms with Gasteiger partial charge in [-0.05, 0) is 6.07 Å². The second kappa shape index (κ2) is 7.55. The lowest BCUT2D eigenvalue weighted by molar-refractivity contribution is 0.0695. The summed E-state index contributed by atoms with van der Waals surface area (Å²) in [6.45, 7) is 0.499. The number of aromatic amines is 1. The first-order chi connectivity index (χ1) is 9.90. The van der Waals surface area contributed by atoms with Crippen LogP contribution in [0.2, 0.25) is 5.02 Å². The van der Waals surface area contributed by atoms with Gasteiger partial charge in [0, 0.05) is 19.3 Å². The Kier molecular flexibility index (Phi) is 6.85. The molecule has 9 nitrogen and oxygen atoms in total. The van der Waals surface area contributed by atoms with Crippen LogP contribution in [0.3, 0.4) is 0 Å². The minimum Gasteiger partial charge on any atom is -0.477 e. The summed E-state index contributed by atoms with van der Waals surface area (Å²) < 4.78 is 14.2. The highest BCUT2D eigenvalue weighted by Gasteiger charge is 2.30. The first-order valence-corrected chi connectivity index (χ1v) is 6.47. The van der Waals surface area contributed by atoms with E-state index in [0.717, 1.165) is 12.3 Å². The first kappa shape index (κ1) is 21.8. The van der Waals surface area contributed by atoms with E-state index in [9.17, 15) is 19.1 Å². The van der Waals surface area contributed by atoms with Crippen LogP contribution in [0.4, 0.5) is 10.1 Å². The molecule has 3 rings (SSSR count). The fourth-order valence-electron chi connectivity index (χ4n) is 2.37. The van der Waals surface area contributed by atoms with E-state index >= 15 is 0 Å². The van der Waals surface area contributed by atoms with Crippen molar-refractivity contribution in [3.63, 3.8) is 0 Å². The van der Waals surface area contributed by atoms with Gasteiger partial charge < -0.3 is 36.5 Å². The van der Waals surface area contributed by atoms with Gasteiger partial charge in [0.25, 0.3) is 0 Å². The summed E-state index contributed by atoms with van der Waals surface area (Å²) in [5, 5.41) is 18.1. The maximum absolute atomic E-state index is 14.2. The summed E-state index contributed by atoms with van der Waals surface area (Å²) in [6, 6.07) is 0.965. The van der Waals surface area contributed by atoms with Crippen molar-refractivity contribution in [1.29, 1.82) is 0 Å². The molecule has 1 aromatic carbocycles. The van der Waals surface area contributed by atoms with Crippen LogP contribution in [-0.2, 0) is 0 Å². The van der Waals surface area contributed by atoms with Crippen molar-refractivity contribution in [3.05, 3.63) is 38.9 Å². The molecule has 1 fully saturated rings. The Morgan fingerprint density at radius 2 is 1.92 bits per heavy atom. The fraction of sp³-hybridized carbons (Fsp3) is 0.231. The predicted octanol–water partition coefficient (Wildman–Crippen LogP) is -1.27. The van der Waals surface area contributed by atoms with E-state index in [-0.39, 0.29) is 51.1 Å². The van der Waals surface area contributed by atoms with Gasteiger partial charge in [-0.2, -0.15) is 0 Å². The van der Waals surface area contributed by atoms with Crippen molar-refractivity contribution in [1.82, 2.24) is 4.98 Å². The number of aromatic nitrogens is 1. The number of anilines is 1. The van der Waals surface area contributed by atoms with E-state index < -0.39 is 28.9 Å². The van der Waals surface area contributed by atoms with Gasteiger partial charge in [0.1, 0.15) is 11.4 Å². The summed E-state index contributed by atoms with van der Waals surface area (Å²) in [5.41, 5.74) is -1.02. The normalized spacial score (nSPS) is 13.4. The third kappa shape index (κ3) is 3.18. The molecule has 1 saturated heterocycles. The molecule has 11 heteroatoms. The lowest BCUT2D eigenvalue weighted by Gasteiger charge is -2.38. The smallest absolute Gasteiger partial charge is 0.341 e. The zero-order chi connectivity index (χ0) is 15.3. The number of hydrogen-bond donors (Lipinski definition) is 3. The second-order valence-corrected chi connectivity index (χ2v) is 5.22. The van der Waals surface area contributed by atoms with Crippen LogP contribution in [0.5, 0.6) is 0 Å². The molecular formula is C13H16ClFN2O7. The monoisotopic (exact) mass is 366 g/mol. The highest BCUT2D eigenvalue weighted by Crippen LogP contribution is 2.36. The molecule has 1 aromatic heterocycles. The van der Waals surface area contributed by atoms with Gasteiger partial charge in [0.15, 0.2) is 0 Å². The van der Waals surface area contributed by atoms with E-state index in [1.165, 1.54) is 0 Å². The van der Waals surface area contributed by atoms with Crippen molar-refractivity contribution in [3.8, 4) is 0 Å².